The third kappa shape index (κ3) is 37.8. The van der Waals surface area contributed by atoms with Crippen molar-refractivity contribution in [2.75, 3.05) is 102 Å². The number of H-pyrrole nitrogens is 4. The number of esters is 1. The predicted octanol–water partition coefficient (Wildman–Crippen LogP) is 22.0. The zero-order chi connectivity index (χ0) is 103. The minimum Gasteiger partial charge on any atom is -0.490 e. The molecule has 7 N–H and O–H groups in total. The predicted molar refractivity (Wildman–Crippen MR) is 576 cm³/mol. The molecule has 2 fully saturated rings. The Kier molecular flexibility index (Phi) is 47.7. The van der Waals surface area contributed by atoms with Crippen molar-refractivity contribution in [2.24, 2.45) is 0 Å². The molecule has 0 saturated carbocycles. The molecule has 145 heavy (non-hydrogen) atoms. The number of hydrogen-bond acceptors (Lipinski definition) is 24. The van der Waals surface area contributed by atoms with E-state index >= 15 is 0 Å². The Morgan fingerprint density at radius 1 is 0.462 bits per heavy atom. The monoisotopic (exact) mass is 2140 g/mol. The molecule has 3 unspecified atom stereocenters. The molecule has 0 bridgehead atoms. The van der Waals surface area contributed by atoms with E-state index in [1.165, 1.54) is 159 Å². The van der Waals surface area contributed by atoms with Crippen molar-refractivity contribution in [1.29, 1.82) is 0 Å². The lowest BCUT2D eigenvalue weighted by Crippen LogP contribution is -2.40. The minimum absolute atomic E-state index is 0.0469. The highest BCUT2D eigenvalue weighted by Crippen LogP contribution is 2.32. The Balaban J connectivity index is 0.000000190. The van der Waals surface area contributed by atoms with Crippen LogP contribution in [-0.2, 0) is 71.6 Å². The van der Waals surface area contributed by atoms with Crippen molar-refractivity contribution in [3.05, 3.63) is 152 Å². The second kappa shape index (κ2) is 60.2. The average Bonchev–Trinajstić information content (AvgIpc) is 1.64. The third-order valence-electron chi connectivity index (χ3n) is 25.5. The number of halogens is 4. The summed E-state index contributed by atoms with van der Waals surface area (Å²) < 4.78 is 93.6. The highest BCUT2D eigenvalue weighted by Gasteiger charge is 2.28. The molecule has 0 aliphatic carbocycles. The molecule has 3 amide bonds. The number of methoxy groups -OCH3 is 1. The lowest BCUT2D eigenvalue weighted by atomic mass is 10.0. The van der Waals surface area contributed by atoms with Crippen LogP contribution in [0, 0.1) is 27.7 Å². The van der Waals surface area contributed by atoms with Crippen molar-refractivity contribution in [1.82, 2.24) is 84.6 Å². The summed E-state index contributed by atoms with van der Waals surface area (Å²) in [5.74, 6) is 4.04. The summed E-state index contributed by atoms with van der Waals surface area (Å²) in [6.45, 7) is 17.3. The van der Waals surface area contributed by atoms with E-state index in [2.05, 4.69) is 112 Å². The van der Waals surface area contributed by atoms with Crippen LogP contribution in [0.4, 0.5) is 27.5 Å². The highest BCUT2D eigenvalue weighted by molar-refractivity contribution is 7.91. The first-order valence-electron chi connectivity index (χ1n) is 51.7. The van der Waals surface area contributed by atoms with Crippen LogP contribution >= 0.6 is 46.4 Å². The molecule has 0 spiro atoms. The molecule has 794 valence electrons. The van der Waals surface area contributed by atoms with E-state index in [4.69, 9.17) is 64.8 Å². The molecule has 42 heteroatoms. The van der Waals surface area contributed by atoms with Gasteiger partial charge in [-0.2, -0.15) is 13.9 Å². The summed E-state index contributed by atoms with van der Waals surface area (Å²) in [5.41, 5.74) is 10.4. The Labute approximate surface area is 874 Å². The van der Waals surface area contributed by atoms with Gasteiger partial charge in [-0.3, -0.25) is 39.0 Å². The number of unbranched alkanes of at least 4 members (excludes halogenated alkanes) is 27. The van der Waals surface area contributed by atoms with Gasteiger partial charge in [0.1, 0.15) is 44.3 Å². The highest BCUT2D eigenvalue weighted by atomic mass is 35.5. The number of aromatic nitrogens is 16. The summed E-state index contributed by atoms with van der Waals surface area (Å²) in [4.78, 5) is 66.6. The van der Waals surface area contributed by atoms with Crippen molar-refractivity contribution in [3.8, 4) is 34.3 Å². The molecule has 4 aromatic carbocycles. The topological polar surface area (TPSA) is 426 Å². The fourth-order valence-electron chi connectivity index (χ4n) is 16.9. The molecule has 2 saturated heterocycles. The van der Waals surface area contributed by atoms with Gasteiger partial charge >= 0.3 is 12.1 Å². The Bertz CT molecular complexity index is 6220. The van der Waals surface area contributed by atoms with E-state index in [9.17, 15) is 40.2 Å². The number of benzene rings is 4. The van der Waals surface area contributed by atoms with Gasteiger partial charge in [-0.1, -0.05) is 241 Å². The summed E-state index contributed by atoms with van der Waals surface area (Å²) >= 11 is 23.6. The van der Waals surface area contributed by atoms with E-state index in [1.807, 2.05) is 100 Å². The number of carbonyl (C=O) groups is 4. The number of nitrogens with one attached hydrogen (secondary N) is 7. The molecule has 0 radical (unpaired) electrons. The average molecular weight is 2140 g/mol. The minimum atomic E-state index is -2.95. The number of hydrogen-bond donors (Lipinski definition) is 7. The maximum Gasteiger partial charge on any atom is 0.407 e. The zero-order valence-corrected chi connectivity index (χ0v) is 90.7. The number of nitrogens with zero attached hydrogens (tertiary/aromatic N) is 14. The maximum absolute atomic E-state index is 13.5. The molecule has 14 rings (SSSR count). The Morgan fingerprint density at radius 2 is 0.883 bits per heavy atom. The van der Waals surface area contributed by atoms with E-state index in [0.29, 0.717) is 153 Å². The third-order valence-corrected chi connectivity index (χ3v) is 31.6. The van der Waals surface area contributed by atoms with E-state index in [0.717, 1.165) is 103 Å². The number of rotatable bonds is 57. The van der Waals surface area contributed by atoms with Gasteiger partial charge in [0.05, 0.1) is 65.9 Å². The summed E-state index contributed by atoms with van der Waals surface area (Å²) in [6, 6.07) is 29.7. The number of anilines is 4. The number of amides is 3. The molecule has 3 atom stereocenters. The fourth-order valence-corrected chi connectivity index (χ4v) is 20.8. The fraction of sp³-hybridized carbons (Fsp3) is 0.573. The first-order chi connectivity index (χ1) is 70.1. The summed E-state index contributed by atoms with van der Waals surface area (Å²) in [7, 11) is -4.59. The van der Waals surface area contributed by atoms with Gasteiger partial charge in [-0.15, -0.1) is 25.5 Å². The van der Waals surface area contributed by atoms with Crippen LogP contribution in [0.15, 0.2) is 97.1 Å². The zero-order valence-electron chi connectivity index (χ0n) is 85.3. The number of alkyl carbamates (subject to hydrolysis) is 1. The molecule has 8 aromatic heterocycles. The summed E-state index contributed by atoms with van der Waals surface area (Å²) in [5, 5.41) is 44.5. The van der Waals surface area contributed by atoms with Gasteiger partial charge in [0, 0.05) is 91.6 Å². The normalized spacial score (nSPS) is 14.0. The number of carbonyl (C=O) groups excluding carboxylic acids is 4. The van der Waals surface area contributed by atoms with Crippen LogP contribution in [0.3, 0.4) is 0 Å². The van der Waals surface area contributed by atoms with E-state index in [-0.39, 0.29) is 54.3 Å². The second-order valence-electron chi connectivity index (χ2n) is 37.3. The SMILES string of the molecule is CCCCCCCCCCCCC(COc1ccc(N2CCS(=O)(=O)CC2)cc1)OC(=O)NCCc1nnc2c(Cl)c(C)[nH]n12.CCCCCCCCCCCCC(Oc1ccc(N2CCS(=O)(=O)CC2)cc1)C(=O)Nc1ccc(-c2nc3c(Cl)c(C)[nH]n3n2)cc1.CCCCCCCCCCCCOS(=O)CCCc1nc2c(Cl)c(C)[nH]n2n1.COC(=O)CCC(=O)Nc1ccc(-c2nc3c(Cl)c(C)[nH]n3n2)cc1. The molecule has 2 aliphatic heterocycles. The number of sulfone groups is 2. The lowest BCUT2D eigenvalue weighted by Gasteiger charge is -2.29. The number of ether oxygens (including phenoxy) is 4. The molecule has 2 aliphatic rings. The lowest BCUT2D eigenvalue weighted by molar-refractivity contribution is -0.141. The standard InChI is InChI=1S/C35H47ClN6O4S.C32H49ClN6O5S.C20H35ClN4O2S.C16H16ClN5O3/c1-3-4-5-6-7-8-9-10-11-12-13-31(46-30-20-18-29(19-21-30)41-22-24-47(44,45)25-23-41)35(43)37-28-16-14-27(15-17-28)33-38-34-32(36)26(2)39-42(34)40-33;1-3-4-5-6-7-8-9-10-11-12-13-28(24-43-27-16-14-26(15-17-27)38-20-22-45(41,42)23-21-38)44-32(40)34-19-18-29-35-36-31-30(33)25(2)37-39(29)31;1-3-4-5-6-7-8-9-10-11-12-15-27-28(26)16-13-14-18-22-20-19(21)17(2)23-25(20)24-18;1-9-14(17)16-19-15(21-22(16)20-9)10-3-5-11(6-4-10)18-12(23)7-8-13(24)25-2/h14-21,31,39H,3-13,22-25H2,1-2H3,(H,37,43);14-17,28,37H,3-13,18-24H2,1-2H3,(H,34,40);23H,3-16H2,1-2H3;3-6,20H,7-8H2,1-2H3,(H,18,23). The van der Waals surface area contributed by atoms with Crippen molar-refractivity contribution < 1.29 is 63.4 Å². The van der Waals surface area contributed by atoms with Gasteiger partial charge in [0.2, 0.25) is 5.91 Å². The smallest absolute Gasteiger partial charge is 0.407 e. The van der Waals surface area contributed by atoms with Gasteiger partial charge in [0.15, 0.2) is 82.7 Å². The molecular formula is C103H147Cl4N21O14S3. The van der Waals surface area contributed by atoms with E-state index < -0.39 is 55.0 Å². The van der Waals surface area contributed by atoms with E-state index in [1.54, 1.807) is 38.0 Å². The van der Waals surface area contributed by atoms with Gasteiger partial charge < -0.3 is 44.7 Å². The van der Waals surface area contributed by atoms with Gasteiger partial charge in [-0.25, -0.2) is 45.3 Å². The quantitative estimate of drug-likeness (QED) is 0.0137. The molecule has 35 nitrogen and oxygen atoms in total. The van der Waals surface area contributed by atoms with Crippen molar-refractivity contribution in [3.63, 3.8) is 0 Å². The molecule has 12 aromatic rings. The van der Waals surface area contributed by atoms with Crippen LogP contribution in [0.1, 0.15) is 280 Å². The first kappa shape index (κ1) is 115. The van der Waals surface area contributed by atoms with Crippen LogP contribution in [0.5, 0.6) is 11.5 Å². The second-order valence-corrected chi connectivity index (χ2v) is 44.7. The number of fused-ring (bicyclic) bond motifs is 4. The summed E-state index contributed by atoms with van der Waals surface area (Å²) in [6.07, 6.45) is 39.2. The maximum atomic E-state index is 13.5. The van der Waals surface area contributed by atoms with Gasteiger partial charge in [0.25, 0.3) is 5.91 Å². The largest absolute Gasteiger partial charge is 0.490 e. The first-order valence-corrected chi connectivity index (χ1v) is 58.1. The van der Waals surface area contributed by atoms with Crippen LogP contribution in [0.2, 0.25) is 20.1 Å². The molecular weight excluding hydrogens is 1990 g/mol. The van der Waals surface area contributed by atoms with Crippen LogP contribution < -0.4 is 35.2 Å². The number of aromatic amines is 4. The van der Waals surface area contributed by atoms with Gasteiger partial charge in [-0.05, 0) is 163 Å². The number of aryl methyl sites for hydroxylation is 5. The van der Waals surface area contributed by atoms with Crippen LogP contribution in [-0.4, -0.2) is 218 Å². The van der Waals surface area contributed by atoms with Crippen molar-refractivity contribution >= 4 is 146 Å². The van der Waals surface area contributed by atoms with Crippen LogP contribution in [0.25, 0.3) is 45.4 Å². The Hall–Kier alpha value is -10.4. The van der Waals surface area contributed by atoms with Crippen molar-refractivity contribution in [2.45, 2.75) is 298 Å². The Morgan fingerprint density at radius 3 is 1.34 bits per heavy atom. The molecule has 10 heterocycles.